The predicted molar refractivity (Wildman–Crippen MR) is 138 cm³/mol. The highest BCUT2D eigenvalue weighted by Gasteiger charge is 2.11. The molecule has 2 aromatic heterocycles. The van der Waals surface area contributed by atoms with Crippen LogP contribution >= 0.6 is 0 Å². The van der Waals surface area contributed by atoms with Crippen molar-refractivity contribution in [3.63, 3.8) is 0 Å². The number of nitrogens with zero attached hydrogens (tertiary/aromatic N) is 2. The van der Waals surface area contributed by atoms with E-state index in [4.69, 9.17) is 19.9 Å². The average molecular weight is 474 g/mol. The van der Waals surface area contributed by atoms with Crippen molar-refractivity contribution in [3.05, 3.63) is 70.9 Å². The molecule has 0 saturated carbocycles. The van der Waals surface area contributed by atoms with Gasteiger partial charge in [-0.3, -0.25) is 9.78 Å². The maximum Gasteiger partial charge on any atom is 0.306 e. The van der Waals surface area contributed by atoms with Crippen LogP contribution in [0.4, 0.5) is 5.82 Å². The summed E-state index contributed by atoms with van der Waals surface area (Å²) in [6.07, 6.45) is 4.56. The number of nitrogen functional groups attached to an aromatic ring is 1. The molecule has 0 aliphatic heterocycles. The number of esters is 1. The Morgan fingerprint density at radius 2 is 1.86 bits per heavy atom. The molecule has 0 aliphatic carbocycles. The molecule has 35 heavy (non-hydrogen) atoms. The van der Waals surface area contributed by atoms with Crippen LogP contribution in [0.25, 0.3) is 21.8 Å². The first kappa shape index (κ1) is 24.4. The standard InChI is InChI=1S/C28H31N3O4/c1-4-34-26(32)12-7-19-6-11-23-24-14-20(16-30-27(24)28(29)31-25(23)15-19)5-8-21-9-10-22(13-18(21)2)35-17-33-3/h6,9-11,13-16H,4-5,7-8,12,17H2,1-3H3,(H2,29,31). The summed E-state index contributed by atoms with van der Waals surface area (Å²) in [5, 5.41) is 1.99. The van der Waals surface area contributed by atoms with Crippen LogP contribution in [0.15, 0.2) is 48.7 Å². The van der Waals surface area contributed by atoms with Gasteiger partial charge in [-0.15, -0.1) is 0 Å². The second kappa shape index (κ2) is 11.1. The van der Waals surface area contributed by atoms with Crippen LogP contribution in [-0.2, 0) is 33.5 Å². The summed E-state index contributed by atoms with van der Waals surface area (Å²) in [7, 11) is 1.61. The number of aryl methyl sites for hydroxylation is 4. The van der Waals surface area contributed by atoms with E-state index in [0.29, 0.717) is 30.8 Å². The largest absolute Gasteiger partial charge is 0.468 e. The molecular weight excluding hydrogens is 442 g/mol. The lowest BCUT2D eigenvalue weighted by Gasteiger charge is -2.11. The van der Waals surface area contributed by atoms with Gasteiger partial charge in [-0.25, -0.2) is 4.98 Å². The van der Waals surface area contributed by atoms with Gasteiger partial charge in [-0.2, -0.15) is 0 Å². The van der Waals surface area contributed by atoms with Gasteiger partial charge >= 0.3 is 5.97 Å². The molecular formula is C28H31N3O4. The van der Waals surface area contributed by atoms with Gasteiger partial charge in [-0.1, -0.05) is 18.2 Å². The molecule has 0 atom stereocenters. The summed E-state index contributed by atoms with van der Waals surface area (Å²) in [6, 6.07) is 14.3. The number of carbonyl (C=O) groups is 1. The monoisotopic (exact) mass is 473 g/mol. The molecule has 0 bridgehead atoms. The molecule has 0 amide bonds. The number of anilines is 1. The molecule has 0 spiro atoms. The molecule has 182 valence electrons. The third-order valence-electron chi connectivity index (χ3n) is 6.04. The zero-order valence-corrected chi connectivity index (χ0v) is 20.5. The Kier molecular flexibility index (Phi) is 7.77. The Labute approximate surface area is 205 Å². The smallest absolute Gasteiger partial charge is 0.306 e. The number of nitrogens with two attached hydrogens (primary N) is 1. The third-order valence-corrected chi connectivity index (χ3v) is 6.04. The molecule has 0 fully saturated rings. The van der Waals surface area contributed by atoms with Gasteiger partial charge in [0.2, 0.25) is 0 Å². The maximum atomic E-state index is 11.7. The SMILES string of the molecule is CCOC(=O)CCc1ccc2c(c1)nc(N)c1ncc(CCc3ccc(OCOC)cc3C)cc12. The van der Waals surface area contributed by atoms with E-state index in [-0.39, 0.29) is 12.8 Å². The Balaban J connectivity index is 1.55. The fourth-order valence-corrected chi connectivity index (χ4v) is 4.21. The summed E-state index contributed by atoms with van der Waals surface area (Å²) in [5.41, 5.74) is 12.4. The fourth-order valence-electron chi connectivity index (χ4n) is 4.21. The summed E-state index contributed by atoms with van der Waals surface area (Å²) in [5.74, 6) is 1.01. The molecule has 2 aromatic carbocycles. The third kappa shape index (κ3) is 5.87. The zero-order chi connectivity index (χ0) is 24.8. The van der Waals surface area contributed by atoms with Crippen molar-refractivity contribution in [1.29, 1.82) is 0 Å². The number of rotatable bonds is 10. The number of hydrogen-bond acceptors (Lipinski definition) is 7. The first-order chi connectivity index (χ1) is 17.0. The minimum atomic E-state index is -0.195. The van der Waals surface area contributed by atoms with E-state index in [1.54, 1.807) is 7.11 Å². The second-order valence-corrected chi connectivity index (χ2v) is 8.53. The highest BCUT2D eigenvalue weighted by Crippen LogP contribution is 2.29. The quantitative estimate of drug-likeness (QED) is 0.198. The van der Waals surface area contributed by atoms with Crippen LogP contribution in [0.2, 0.25) is 0 Å². The molecule has 0 unspecified atom stereocenters. The maximum absolute atomic E-state index is 11.7. The van der Waals surface area contributed by atoms with Gasteiger partial charge in [-0.05, 0) is 79.6 Å². The normalized spacial score (nSPS) is 11.2. The number of fused-ring (bicyclic) bond motifs is 3. The number of ether oxygens (including phenoxy) is 3. The Morgan fingerprint density at radius 3 is 2.63 bits per heavy atom. The van der Waals surface area contributed by atoms with Crippen LogP contribution in [-0.4, -0.2) is 36.4 Å². The van der Waals surface area contributed by atoms with E-state index < -0.39 is 0 Å². The number of hydrogen-bond donors (Lipinski definition) is 1. The minimum Gasteiger partial charge on any atom is -0.468 e. The Hall–Kier alpha value is -3.71. The first-order valence-electron chi connectivity index (χ1n) is 11.8. The van der Waals surface area contributed by atoms with Crippen LogP contribution < -0.4 is 10.5 Å². The van der Waals surface area contributed by atoms with Crippen LogP contribution in [0, 0.1) is 6.92 Å². The van der Waals surface area contributed by atoms with Gasteiger partial charge in [0, 0.05) is 30.5 Å². The van der Waals surface area contributed by atoms with Crippen molar-refractivity contribution in [1.82, 2.24) is 9.97 Å². The lowest BCUT2D eigenvalue weighted by Crippen LogP contribution is -2.05. The van der Waals surface area contributed by atoms with Gasteiger partial charge in [0.05, 0.1) is 12.1 Å². The molecule has 7 nitrogen and oxygen atoms in total. The van der Waals surface area contributed by atoms with Crippen LogP contribution in [0.5, 0.6) is 5.75 Å². The zero-order valence-electron chi connectivity index (χ0n) is 20.5. The van der Waals surface area contributed by atoms with E-state index in [0.717, 1.165) is 46.0 Å². The van der Waals surface area contributed by atoms with Crippen molar-refractivity contribution < 1.29 is 19.0 Å². The van der Waals surface area contributed by atoms with Gasteiger partial charge in [0.15, 0.2) is 12.6 Å². The minimum absolute atomic E-state index is 0.195. The van der Waals surface area contributed by atoms with Crippen LogP contribution in [0.1, 0.15) is 35.6 Å². The summed E-state index contributed by atoms with van der Waals surface area (Å²) < 4.78 is 15.5. The van der Waals surface area contributed by atoms with E-state index in [1.165, 1.54) is 11.1 Å². The second-order valence-electron chi connectivity index (χ2n) is 8.53. The van der Waals surface area contributed by atoms with Gasteiger partial charge in [0.1, 0.15) is 11.3 Å². The van der Waals surface area contributed by atoms with Crippen LogP contribution in [0.3, 0.4) is 0 Å². The molecule has 2 N–H and O–H groups in total. The first-order valence-corrected chi connectivity index (χ1v) is 11.8. The summed E-state index contributed by atoms with van der Waals surface area (Å²) in [4.78, 5) is 20.9. The molecule has 4 aromatic rings. The number of methoxy groups -OCH3 is 1. The number of benzene rings is 2. The van der Waals surface area contributed by atoms with Gasteiger partial charge < -0.3 is 19.9 Å². The predicted octanol–water partition coefficient (Wildman–Crippen LogP) is 4.94. The summed E-state index contributed by atoms with van der Waals surface area (Å²) >= 11 is 0. The van der Waals surface area contributed by atoms with Gasteiger partial charge in [0.25, 0.3) is 0 Å². The van der Waals surface area contributed by atoms with E-state index >= 15 is 0 Å². The van der Waals surface area contributed by atoms with Crippen molar-refractivity contribution in [2.45, 2.75) is 39.5 Å². The highest BCUT2D eigenvalue weighted by atomic mass is 16.7. The molecule has 4 rings (SSSR count). The lowest BCUT2D eigenvalue weighted by atomic mass is 9.99. The lowest BCUT2D eigenvalue weighted by molar-refractivity contribution is -0.143. The van der Waals surface area contributed by atoms with E-state index in [9.17, 15) is 4.79 Å². The highest BCUT2D eigenvalue weighted by molar-refractivity contribution is 6.08. The van der Waals surface area contributed by atoms with E-state index in [2.05, 4.69) is 29.0 Å². The van der Waals surface area contributed by atoms with E-state index in [1.807, 2.05) is 43.5 Å². The number of carbonyl (C=O) groups excluding carboxylic acids is 1. The number of pyridine rings is 2. The average Bonchev–Trinajstić information content (AvgIpc) is 2.85. The number of aromatic nitrogens is 2. The molecule has 0 saturated heterocycles. The molecule has 0 aliphatic rings. The topological polar surface area (TPSA) is 96.6 Å². The van der Waals surface area contributed by atoms with Crippen molar-refractivity contribution in [2.75, 3.05) is 26.2 Å². The molecule has 0 radical (unpaired) electrons. The Morgan fingerprint density at radius 1 is 1.00 bits per heavy atom. The van der Waals surface area contributed by atoms with Crippen molar-refractivity contribution >= 4 is 33.6 Å². The summed E-state index contributed by atoms with van der Waals surface area (Å²) in [6.45, 7) is 4.53. The molecule has 2 heterocycles. The van der Waals surface area contributed by atoms with Crippen molar-refractivity contribution in [2.24, 2.45) is 0 Å². The van der Waals surface area contributed by atoms with Crippen molar-refractivity contribution in [3.8, 4) is 5.75 Å². The fraction of sp³-hybridized carbons (Fsp3) is 0.321. The Bertz CT molecular complexity index is 1350. The molecule has 7 heteroatoms.